The predicted molar refractivity (Wildman–Crippen MR) is 75.8 cm³/mol. The first-order chi connectivity index (χ1) is 8.83. The maximum atomic E-state index is 5.77. The summed E-state index contributed by atoms with van der Waals surface area (Å²) in [7, 11) is 0. The van der Waals surface area contributed by atoms with Crippen LogP contribution in [0.15, 0.2) is 54.0 Å². The van der Waals surface area contributed by atoms with Gasteiger partial charge in [0, 0.05) is 22.7 Å². The topological polar surface area (TPSA) is 25.8 Å². The molecule has 3 rings (SSSR count). The van der Waals surface area contributed by atoms with Crippen molar-refractivity contribution in [3.8, 4) is 21.8 Å². The van der Waals surface area contributed by atoms with Crippen LogP contribution in [-0.2, 0) is 0 Å². The SMILES string of the molecule is Clc1ccc(-c2nc(-c3ccccc3)cs2)cn1. The number of nitrogens with zero attached hydrogens (tertiary/aromatic N) is 2. The van der Waals surface area contributed by atoms with Crippen molar-refractivity contribution in [2.45, 2.75) is 0 Å². The van der Waals surface area contributed by atoms with E-state index in [9.17, 15) is 0 Å². The second-order valence-electron chi connectivity index (χ2n) is 3.77. The molecule has 0 unspecified atom stereocenters. The molecule has 0 radical (unpaired) electrons. The van der Waals surface area contributed by atoms with Crippen LogP contribution in [0.4, 0.5) is 0 Å². The average molecular weight is 273 g/mol. The van der Waals surface area contributed by atoms with E-state index in [1.54, 1.807) is 23.6 Å². The van der Waals surface area contributed by atoms with E-state index in [-0.39, 0.29) is 0 Å². The van der Waals surface area contributed by atoms with Gasteiger partial charge in [-0.15, -0.1) is 11.3 Å². The lowest BCUT2D eigenvalue weighted by Crippen LogP contribution is -1.80. The lowest BCUT2D eigenvalue weighted by atomic mass is 10.2. The fraction of sp³-hybridized carbons (Fsp3) is 0. The molecular formula is C14H9ClN2S. The van der Waals surface area contributed by atoms with Crippen LogP contribution >= 0.6 is 22.9 Å². The molecule has 1 aromatic carbocycles. The highest BCUT2D eigenvalue weighted by atomic mass is 35.5. The minimum absolute atomic E-state index is 0.499. The fourth-order valence-corrected chi connectivity index (χ4v) is 2.58. The van der Waals surface area contributed by atoms with Gasteiger partial charge in [0.25, 0.3) is 0 Å². The Kier molecular flexibility index (Phi) is 3.09. The van der Waals surface area contributed by atoms with Crippen molar-refractivity contribution in [1.82, 2.24) is 9.97 Å². The smallest absolute Gasteiger partial charge is 0.129 e. The van der Waals surface area contributed by atoms with Gasteiger partial charge in [0.15, 0.2) is 0 Å². The highest BCUT2D eigenvalue weighted by molar-refractivity contribution is 7.13. The Balaban J connectivity index is 1.97. The van der Waals surface area contributed by atoms with Gasteiger partial charge in [-0.1, -0.05) is 41.9 Å². The fourth-order valence-electron chi connectivity index (χ4n) is 1.65. The monoisotopic (exact) mass is 272 g/mol. The van der Waals surface area contributed by atoms with E-state index in [1.165, 1.54) is 0 Å². The molecule has 0 bridgehead atoms. The Morgan fingerprint density at radius 1 is 0.944 bits per heavy atom. The summed E-state index contributed by atoms with van der Waals surface area (Å²) in [5.41, 5.74) is 3.11. The minimum atomic E-state index is 0.499. The number of hydrogen-bond acceptors (Lipinski definition) is 3. The zero-order chi connectivity index (χ0) is 12.4. The van der Waals surface area contributed by atoms with Gasteiger partial charge >= 0.3 is 0 Å². The highest BCUT2D eigenvalue weighted by Crippen LogP contribution is 2.28. The summed E-state index contributed by atoms with van der Waals surface area (Å²) in [5, 5.41) is 3.51. The molecule has 0 saturated heterocycles. The van der Waals surface area contributed by atoms with Crippen LogP contribution in [0.1, 0.15) is 0 Å². The van der Waals surface area contributed by atoms with E-state index in [0.29, 0.717) is 5.15 Å². The number of halogens is 1. The quantitative estimate of drug-likeness (QED) is 0.641. The van der Waals surface area contributed by atoms with E-state index < -0.39 is 0 Å². The third-order valence-electron chi connectivity index (χ3n) is 2.55. The lowest BCUT2D eigenvalue weighted by molar-refractivity contribution is 1.31. The van der Waals surface area contributed by atoms with Gasteiger partial charge in [0.1, 0.15) is 10.2 Å². The number of aromatic nitrogens is 2. The Labute approximate surface area is 114 Å². The van der Waals surface area contributed by atoms with Crippen molar-refractivity contribution in [2.24, 2.45) is 0 Å². The average Bonchev–Trinajstić information content (AvgIpc) is 2.90. The first-order valence-corrected chi connectivity index (χ1v) is 6.71. The number of hydrogen-bond donors (Lipinski definition) is 0. The molecular weight excluding hydrogens is 264 g/mol. The van der Waals surface area contributed by atoms with Crippen LogP contribution < -0.4 is 0 Å². The summed E-state index contributed by atoms with van der Waals surface area (Å²) in [6.45, 7) is 0. The molecule has 0 N–H and O–H groups in total. The maximum absolute atomic E-state index is 5.77. The summed E-state index contributed by atoms with van der Waals surface area (Å²) < 4.78 is 0. The van der Waals surface area contributed by atoms with Gasteiger partial charge in [-0.25, -0.2) is 9.97 Å². The molecule has 0 spiro atoms. The van der Waals surface area contributed by atoms with Gasteiger partial charge in [-0.05, 0) is 12.1 Å². The zero-order valence-electron chi connectivity index (χ0n) is 9.38. The number of rotatable bonds is 2. The number of thiazole rings is 1. The van der Waals surface area contributed by atoms with Gasteiger partial charge in [0.2, 0.25) is 0 Å². The normalized spacial score (nSPS) is 10.5. The Hall–Kier alpha value is -1.71. The molecule has 0 aliphatic rings. The minimum Gasteiger partial charge on any atom is -0.244 e. The number of pyridine rings is 1. The summed E-state index contributed by atoms with van der Waals surface area (Å²) in [6.07, 6.45) is 1.75. The standard InChI is InChI=1S/C14H9ClN2S/c15-13-7-6-11(8-16-13)14-17-12(9-18-14)10-4-2-1-3-5-10/h1-9H. The van der Waals surface area contributed by atoms with Gasteiger partial charge in [0.05, 0.1) is 5.69 Å². The molecule has 2 nitrogen and oxygen atoms in total. The van der Waals surface area contributed by atoms with E-state index in [4.69, 9.17) is 11.6 Å². The van der Waals surface area contributed by atoms with Crippen molar-refractivity contribution in [3.05, 3.63) is 59.2 Å². The molecule has 2 heterocycles. The molecule has 3 aromatic rings. The second-order valence-corrected chi connectivity index (χ2v) is 5.02. The van der Waals surface area contributed by atoms with Crippen LogP contribution in [0.3, 0.4) is 0 Å². The van der Waals surface area contributed by atoms with Gasteiger partial charge in [-0.2, -0.15) is 0 Å². The van der Waals surface area contributed by atoms with Crippen molar-refractivity contribution in [1.29, 1.82) is 0 Å². The van der Waals surface area contributed by atoms with Crippen LogP contribution in [0.2, 0.25) is 5.15 Å². The molecule has 0 aliphatic carbocycles. The highest BCUT2D eigenvalue weighted by Gasteiger charge is 2.06. The Morgan fingerprint density at radius 2 is 1.78 bits per heavy atom. The molecule has 4 heteroatoms. The van der Waals surface area contributed by atoms with Crippen LogP contribution in [0.25, 0.3) is 21.8 Å². The first kappa shape index (κ1) is 11.4. The second kappa shape index (κ2) is 4.88. The molecule has 0 saturated carbocycles. The Bertz CT molecular complexity index is 647. The molecule has 88 valence electrons. The van der Waals surface area contributed by atoms with E-state index in [0.717, 1.165) is 21.8 Å². The van der Waals surface area contributed by atoms with Gasteiger partial charge < -0.3 is 0 Å². The molecule has 18 heavy (non-hydrogen) atoms. The van der Waals surface area contributed by atoms with Crippen molar-refractivity contribution in [3.63, 3.8) is 0 Å². The van der Waals surface area contributed by atoms with Crippen molar-refractivity contribution in [2.75, 3.05) is 0 Å². The number of benzene rings is 1. The molecule has 2 aromatic heterocycles. The van der Waals surface area contributed by atoms with Crippen LogP contribution in [0.5, 0.6) is 0 Å². The van der Waals surface area contributed by atoms with Crippen molar-refractivity contribution >= 4 is 22.9 Å². The third kappa shape index (κ3) is 2.28. The summed E-state index contributed by atoms with van der Waals surface area (Å²) in [5.74, 6) is 0. The van der Waals surface area contributed by atoms with E-state index in [2.05, 4.69) is 27.5 Å². The third-order valence-corrected chi connectivity index (χ3v) is 3.66. The molecule has 0 fully saturated rings. The van der Waals surface area contributed by atoms with Crippen molar-refractivity contribution < 1.29 is 0 Å². The largest absolute Gasteiger partial charge is 0.244 e. The van der Waals surface area contributed by atoms with Gasteiger partial charge in [-0.3, -0.25) is 0 Å². The Morgan fingerprint density at radius 3 is 2.50 bits per heavy atom. The molecule has 0 atom stereocenters. The van der Waals surface area contributed by atoms with Crippen LogP contribution in [0, 0.1) is 0 Å². The zero-order valence-corrected chi connectivity index (χ0v) is 10.9. The summed E-state index contributed by atoms with van der Waals surface area (Å²) in [6, 6.07) is 13.8. The maximum Gasteiger partial charge on any atom is 0.129 e. The molecule has 0 amide bonds. The van der Waals surface area contributed by atoms with E-state index >= 15 is 0 Å². The predicted octanol–water partition coefficient (Wildman–Crippen LogP) is 4.53. The van der Waals surface area contributed by atoms with Crippen LogP contribution in [-0.4, -0.2) is 9.97 Å². The first-order valence-electron chi connectivity index (χ1n) is 5.46. The lowest BCUT2D eigenvalue weighted by Gasteiger charge is -1.96. The summed E-state index contributed by atoms with van der Waals surface area (Å²) in [4.78, 5) is 8.69. The van der Waals surface area contributed by atoms with E-state index in [1.807, 2.05) is 24.3 Å². The molecule has 0 aliphatic heterocycles. The summed E-state index contributed by atoms with van der Waals surface area (Å²) >= 11 is 7.38.